The lowest BCUT2D eigenvalue weighted by molar-refractivity contribution is -0.119. The van der Waals surface area contributed by atoms with E-state index in [1.807, 2.05) is 6.07 Å². The topological polar surface area (TPSA) is 105 Å². The first-order valence-corrected chi connectivity index (χ1v) is 8.41. The molecule has 26 heavy (non-hydrogen) atoms. The van der Waals surface area contributed by atoms with E-state index in [1.165, 1.54) is 6.07 Å². The molecule has 0 bridgehead atoms. The molecule has 7 nitrogen and oxygen atoms in total. The van der Waals surface area contributed by atoms with Crippen LogP contribution in [0.15, 0.2) is 48.5 Å². The Hall–Kier alpha value is -3.35. The predicted molar refractivity (Wildman–Crippen MR) is 100 cm³/mol. The highest BCUT2D eigenvalue weighted by Gasteiger charge is 2.19. The minimum atomic E-state index is -0.693. The van der Waals surface area contributed by atoms with Gasteiger partial charge in [0.25, 0.3) is 5.91 Å². The second-order valence-corrected chi connectivity index (χ2v) is 6.08. The highest BCUT2D eigenvalue weighted by atomic mass is 16.2. The van der Waals surface area contributed by atoms with Crippen LogP contribution < -0.4 is 21.3 Å². The first kappa shape index (κ1) is 17.5. The second-order valence-electron chi connectivity index (χ2n) is 6.08. The number of carbonyl (C=O) groups excluding carboxylic acids is 3. The van der Waals surface area contributed by atoms with E-state index < -0.39 is 6.03 Å². The van der Waals surface area contributed by atoms with Crippen molar-refractivity contribution >= 4 is 34.9 Å². The van der Waals surface area contributed by atoms with Crippen molar-refractivity contribution in [2.45, 2.75) is 19.3 Å². The van der Waals surface area contributed by atoms with E-state index in [-0.39, 0.29) is 11.8 Å². The van der Waals surface area contributed by atoms with E-state index in [1.54, 1.807) is 41.3 Å². The van der Waals surface area contributed by atoms with Crippen molar-refractivity contribution in [3.8, 4) is 0 Å². The number of amides is 4. The van der Waals surface area contributed by atoms with Gasteiger partial charge in [0.1, 0.15) is 0 Å². The Kier molecular flexibility index (Phi) is 5.17. The van der Waals surface area contributed by atoms with E-state index in [9.17, 15) is 14.4 Å². The molecule has 0 unspecified atom stereocenters. The summed E-state index contributed by atoms with van der Waals surface area (Å²) in [5.74, 6) is -0.217. The zero-order valence-corrected chi connectivity index (χ0v) is 14.2. The summed E-state index contributed by atoms with van der Waals surface area (Å²) in [5, 5.41) is 5.25. The van der Waals surface area contributed by atoms with Crippen molar-refractivity contribution in [3.63, 3.8) is 0 Å². The first-order chi connectivity index (χ1) is 12.5. The molecule has 0 radical (unpaired) electrons. The molecule has 0 atom stereocenters. The van der Waals surface area contributed by atoms with Crippen LogP contribution in [0.2, 0.25) is 0 Å². The molecule has 2 aromatic carbocycles. The van der Waals surface area contributed by atoms with Crippen LogP contribution in [0.1, 0.15) is 29.6 Å². The average molecular weight is 352 g/mol. The Balaban J connectivity index is 1.74. The lowest BCUT2D eigenvalue weighted by Crippen LogP contribution is -2.35. The summed E-state index contributed by atoms with van der Waals surface area (Å²) in [5.41, 5.74) is 7.29. The number of benzene rings is 2. The summed E-state index contributed by atoms with van der Waals surface area (Å²) in [6, 6.07) is 13.0. The van der Waals surface area contributed by atoms with E-state index in [0.717, 1.165) is 18.5 Å². The van der Waals surface area contributed by atoms with Gasteiger partial charge in [-0.25, -0.2) is 4.79 Å². The number of rotatable bonds is 4. The van der Waals surface area contributed by atoms with E-state index in [0.29, 0.717) is 29.9 Å². The molecular weight excluding hydrogens is 332 g/mol. The lowest BCUT2D eigenvalue weighted by Gasteiger charge is -2.27. The van der Waals surface area contributed by atoms with Gasteiger partial charge in [0, 0.05) is 35.6 Å². The number of hydrogen-bond acceptors (Lipinski definition) is 3. The molecule has 1 fully saturated rings. The molecule has 4 N–H and O–H groups in total. The van der Waals surface area contributed by atoms with Crippen LogP contribution in [0.3, 0.4) is 0 Å². The third-order valence-corrected chi connectivity index (χ3v) is 4.13. The van der Waals surface area contributed by atoms with Crippen molar-refractivity contribution in [1.29, 1.82) is 0 Å². The number of anilines is 3. The number of urea groups is 1. The smallest absolute Gasteiger partial charge is 0.316 e. The number of carbonyl (C=O) groups is 3. The number of nitrogens with two attached hydrogens (primary N) is 1. The van der Waals surface area contributed by atoms with Gasteiger partial charge in [-0.1, -0.05) is 12.1 Å². The van der Waals surface area contributed by atoms with Gasteiger partial charge in [-0.15, -0.1) is 0 Å². The normalized spacial score (nSPS) is 14.0. The molecule has 134 valence electrons. The maximum absolute atomic E-state index is 12.5. The largest absolute Gasteiger partial charge is 0.351 e. The van der Waals surface area contributed by atoms with Crippen molar-refractivity contribution in [2.75, 3.05) is 22.1 Å². The molecule has 2 aromatic rings. The summed E-state index contributed by atoms with van der Waals surface area (Å²) in [4.78, 5) is 37.2. The van der Waals surface area contributed by atoms with Gasteiger partial charge in [0.15, 0.2) is 0 Å². The van der Waals surface area contributed by atoms with Crippen LogP contribution in [0.25, 0.3) is 0 Å². The molecule has 1 saturated heterocycles. The second kappa shape index (κ2) is 7.69. The van der Waals surface area contributed by atoms with Crippen LogP contribution in [0.4, 0.5) is 21.9 Å². The van der Waals surface area contributed by atoms with Crippen molar-refractivity contribution in [1.82, 2.24) is 0 Å². The Morgan fingerprint density at radius 3 is 2.42 bits per heavy atom. The molecule has 0 aromatic heterocycles. The molecule has 4 amide bonds. The van der Waals surface area contributed by atoms with Crippen LogP contribution >= 0.6 is 0 Å². The van der Waals surface area contributed by atoms with Crippen molar-refractivity contribution in [3.05, 3.63) is 54.1 Å². The van der Waals surface area contributed by atoms with Gasteiger partial charge in [0.05, 0.1) is 0 Å². The van der Waals surface area contributed by atoms with E-state index >= 15 is 0 Å². The van der Waals surface area contributed by atoms with Crippen LogP contribution in [0, 0.1) is 0 Å². The first-order valence-electron chi connectivity index (χ1n) is 8.41. The monoisotopic (exact) mass is 352 g/mol. The van der Waals surface area contributed by atoms with Gasteiger partial charge >= 0.3 is 6.03 Å². The van der Waals surface area contributed by atoms with Gasteiger partial charge in [0.2, 0.25) is 5.91 Å². The summed E-state index contributed by atoms with van der Waals surface area (Å²) in [6.45, 7) is 0.692. The van der Waals surface area contributed by atoms with Crippen molar-refractivity contribution < 1.29 is 14.4 Å². The number of nitrogens with one attached hydrogen (secondary N) is 2. The quantitative estimate of drug-likeness (QED) is 0.788. The van der Waals surface area contributed by atoms with Gasteiger partial charge in [-0.3, -0.25) is 9.59 Å². The molecule has 1 heterocycles. The molecular formula is C19H20N4O3. The predicted octanol–water partition coefficient (Wildman–Crippen LogP) is 2.95. The zero-order chi connectivity index (χ0) is 18.5. The molecule has 3 rings (SSSR count). The fourth-order valence-electron chi connectivity index (χ4n) is 2.91. The standard InChI is InChI=1S/C19H20N4O3/c20-19(26)22-14-6-3-5-13(11-14)18(25)21-15-7-4-8-16(12-15)23-10-2-1-9-17(23)24/h3-8,11-12H,1-2,9-10H2,(H,21,25)(H3,20,22,26). The zero-order valence-electron chi connectivity index (χ0n) is 14.2. The van der Waals surface area contributed by atoms with E-state index in [2.05, 4.69) is 10.6 Å². The van der Waals surface area contributed by atoms with Crippen molar-refractivity contribution in [2.24, 2.45) is 5.73 Å². The number of hydrogen-bond donors (Lipinski definition) is 3. The Morgan fingerprint density at radius 2 is 1.69 bits per heavy atom. The highest BCUT2D eigenvalue weighted by Crippen LogP contribution is 2.24. The third kappa shape index (κ3) is 4.18. The van der Waals surface area contributed by atoms with Crippen LogP contribution in [-0.4, -0.2) is 24.4 Å². The summed E-state index contributed by atoms with van der Waals surface area (Å²) in [6.07, 6.45) is 2.44. The van der Waals surface area contributed by atoms with Crippen LogP contribution in [0.5, 0.6) is 0 Å². The Labute approximate surface area is 151 Å². The maximum atomic E-state index is 12.5. The summed E-state index contributed by atoms with van der Waals surface area (Å²) >= 11 is 0. The SMILES string of the molecule is NC(=O)Nc1cccc(C(=O)Nc2cccc(N3CCCCC3=O)c2)c1. The molecule has 0 spiro atoms. The Bertz CT molecular complexity index is 850. The summed E-state index contributed by atoms with van der Waals surface area (Å²) in [7, 11) is 0. The minimum Gasteiger partial charge on any atom is -0.351 e. The van der Waals surface area contributed by atoms with E-state index in [4.69, 9.17) is 5.73 Å². The number of primary amides is 1. The minimum absolute atomic E-state index is 0.102. The number of nitrogens with zero attached hydrogens (tertiary/aromatic N) is 1. The fraction of sp³-hybridized carbons (Fsp3) is 0.211. The molecule has 7 heteroatoms. The van der Waals surface area contributed by atoms with Gasteiger partial charge < -0.3 is 21.3 Å². The molecule has 0 saturated carbocycles. The maximum Gasteiger partial charge on any atom is 0.316 e. The molecule has 0 aliphatic carbocycles. The molecule has 1 aliphatic rings. The van der Waals surface area contributed by atoms with Crippen LogP contribution in [-0.2, 0) is 4.79 Å². The number of piperidine rings is 1. The fourth-order valence-corrected chi connectivity index (χ4v) is 2.91. The third-order valence-electron chi connectivity index (χ3n) is 4.13. The Morgan fingerprint density at radius 1 is 0.962 bits per heavy atom. The lowest BCUT2D eigenvalue weighted by atomic mass is 10.1. The highest BCUT2D eigenvalue weighted by molar-refractivity contribution is 6.05. The average Bonchev–Trinajstić information content (AvgIpc) is 2.62. The molecule has 1 aliphatic heterocycles. The van der Waals surface area contributed by atoms with Gasteiger partial charge in [-0.05, 0) is 49.2 Å². The summed E-state index contributed by atoms with van der Waals surface area (Å²) < 4.78 is 0. The van der Waals surface area contributed by atoms with Gasteiger partial charge in [-0.2, -0.15) is 0 Å².